The SMILES string of the molecule is Cc1cccc(N(N)C(=O)c2ccccc2NC(=O)c2c[nH]c(=O)[nH]c2=O)c1. The Bertz CT molecular complexity index is 1160. The number of aryl methyl sites for hydroxylation is 1. The van der Waals surface area contributed by atoms with Crippen LogP contribution in [0.1, 0.15) is 26.3 Å². The summed E-state index contributed by atoms with van der Waals surface area (Å²) < 4.78 is 0. The van der Waals surface area contributed by atoms with E-state index in [9.17, 15) is 19.2 Å². The third kappa shape index (κ3) is 3.89. The summed E-state index contributed by atoms with van der Waals surface area (Å²) in [5.41, 5.74) is -0.140. The maximum Gasteiger partial charge on any atom is 0.325 e. The molecular formula is C19H17N5O4. The van der Waals surface area contributed by atoms with Crippen molar-refractivity contribution in [2.75, 3.05) is 10.3 Å². The van der Waals surface area contributed by atoms with E-state index < -0.39 is 23.1 Å². The molecule has 0 fully saturated rings. The van der Waals surface area contributed by atoms with Crippen molar-refractivity contribution in [3.63, 3.8) is 0 Å². The molecule has 0 aliphatic carbocycles. The molecule has 3 aromatic rings. The van der Waals surface area contributed by atoms with Crippen molar-refractivity contribution in [3.8, 4) is 0 Å². The van der Waals surface area contributed by atoms with Crippen molar-refractivity contribution in [1.29, 1.82) is 0 Å². The molecule has 0 aliphatic heterocycles. The molecule has 0 atom stereocenters. The summed E-state index contributed by atoms with van der Waals surface area (Å²) >= 11 is 0. The maximum atomic E-state index is 12.8. The number of nitrogens with two attached hydrogens (primary N) is 1. The third-order valence-corrected chi connectivity index (χ3v) is 3.97. The number of para-hydroxylation sites is 1. The van der Waals surface area contributed by atoms with Crippen molar-refractivity contribution in [2.45, 2.75) is 6.92 Å². The minimum absolute atomic E-state index is 0.140. The molecule has 1 aromatic heterocycles. The van der Waals surface area contributed by atoms with E-state index in [0.717, 1.165) is 16.8 Å². The number of nitrogens with zero attached hydrogens (tertiary/aromatic N) is 1. The van der Waals surface area contributed by atoms with Crippen LogP contribution in [0, 0.1) is 6.92 Å². The highest BCUT2D eigenvalue weighted by Gasteiger charge is 2.20. The molecule has 142 valence electrons. The predicted molar refractivity (Wildman–Crippen MR) is 104 cm³/mol. The Hall–Kier alpha value is -3.98. The molecular weight excluding hydrogens is 362 g/mol. The first kappa shape index (κ1) is 18.8. The molecule has 0 radical (unpaired) electrons. The summed E-state index contributed by atoms with van der Waals surface area (Å²) in [4.78, 5) is 52.3. The molecule has 1 heterocycles. The van der Waals surface area contributed by atoms with E-state index >= 15 is 0 Å². The highest BCUT2D eigenvalue weighted by atomic mass is 16.2. The highest BCUT2D eigenvalue weighted by molar-refractivity contribution is 6.12. The van der Waals surface area contributed by atoms with Crippen LogP contribution in [-0.4, -0.2) is 21.8 Å². The Kier molecular flexibility index (Phi) is 5.18. The fourth-order valence-corrected chi connectivity index (χ4v) is 2.57. The Morgan fingerprint density at radius 3 is 2.50 bits per heavy atom. The number of anilines is 2. The van der Waals surface area contributed by atoms with E-state index in [1.807, 2.05) is 18.0 Å². The van der Waals surface area contributed by atoms with Gasteiger partial charge in [-0.3, -0.25) is 19.4 Å². The molecule has 0 spiro atoms. The van der Waals surface area contributed by atoms with E-state index in [-0.39, 0.29) is 16.8 Å². The number of hydrogen-bond donors (Lipinski definition) is 4. The van der Waals surface area contributed by atoms with Crippen LogP contribution in [0.4, 0.5) is 11.4 Å². The van der Waals surface area contributed by atoms with Gasteiger partial charge in [-0.15, -0.1) is 0 Å². The smallest absolute Gasteiger partial charge is 0.321 e. The van der Waals surface area contributed by atoms with E-state index in [1.165, 1.54) is 12.1 Å². The average Bonchev–Trinajstić information content (AvgIpc) is 2.67. The number of aromatic nitrogens is 2. The quantitative estimate of drug-likeness (QED) is 0.306. The first-order valence-electron chi connectivity index (χ1n) is 8.25. The van der Waals surface area contributed by atoms with Gasteiger partial charge in [0.05, 0.1) is 16.9 Å². The van der Waals surface area contributed by atoms with Crippen molar-refractivity contribution in [2.24, 2.45) is 5.84 Å². The van der Waals surface area contributed by atoms with Crippen LogP contribution in [0.15, 0.2) is 64.3 Å². The lowest BCUT2D eigenvalue weighted by Crippen LogP contribution is -2.38. The summed E-state index contributed by atoms with van der Waals surface area (Å²) in [6, 6.07) is 13.3. The molecule has 0 bridgehead atoms. The fourth-order valence-electron chi connectivity index (χ4n) is 2.57. The van der Waals surface area contributed by atoms with Crippen LogP contribution in [0.5, 0.6) is 0 Å². The number of aromatic amines is 2. The topological polar surface area (TPSA) is 141 Å². The van der Waals surface area contributed by atoms with Crippen LogP contribution in [0.3, 0.4) is 0 Å². The van der Waals surface area contributed by atoms with E-state index in [4.69, 9.17) is 5.84 Å². The lowest BCUT2D eigenvalue weighted by molar-refractivity contribution is 0.0987. The summed E-state index contributed by atoms with van der Waals surface area (Å²) in [5.74, 6) is 4.64. The Morgan fingerprint density at radius 1 is 1.04 bits per heavy atom. The van der Waals surface area contributed by atoms with Crippen LogP contribution < -0.4 is 27.4 Å². The summed E-state index contributed by atoms with van der Waals surface area (Å²) in [7, 11) is 0. The molecule has 2 aromatic carbocycles. The number of nitrogens with one attached hydrogen (secondary N) is 3. The van der Waals surface area contributed by atoms with Gasteiger partial charge < -0.3 is 10.3 Å². The Balaban J connectivity index is 1.90. The van der Waals surface area contributed by atoms with Gasteiger partial charge in [-0.25, -0.2) is 15.6 Å². The monoisotopic (exact) mass is 379 g/mol. The zero-order chi connectivity index (χ0) is 20.3. The normalized spacial score (nSPS) is 10.4. The second-order valence-electron chi connectivity index (χ2n) is 6.00. The summed E-state index contributed by atoms with van der Waals surface area (Å²) in [5, 5.41) is 3.48. The lowest BCUT2D eigenvalue weighted by atomic mass is 10.1. The molecule has 9 heteroatoms. The molecule has 28 heavy (non-hydrogen) atoms. The van der Waals surface area contributed by atoms with Crippen LogP contribution >= 0.6 is 0 Å². The van der Waals surface area contributed by atoms with Crippen molar-refractivity contribution >= 4 is 23.2 Å². The van der Waals surface area contributed by atoms with E-state index in [2.05, 4.69) is 10.3 Å². The highest BCUT2D eigenvalue weighted by Crippen LogP contribution is 2.21. The Morgan fingerprint density at radius 2 is 1.79 bits per heavy atom. The number of rotatable bonds is 4. The Labute approximate surface area is 158 Å². The van der Waals surface area contributed by atoms with Gasteiger partial charge in [0.2, 0.25) is 0 Å². The van der Waals surface area contributed by atoms with Gasteiger partial charge in [0.1, 0.15) is 5.56 Å². The summed E-state index contributed by atoms with van der Waals surface area (Å²) in [6.07, 6.45) is 1.00. The largest absolute Gasteiger partial charge is 0.325 e. The number of amides is 2. The molecule has 3 rings (SSSR count). The molecule has 2 amide bonds. The lowest BCUT2D eigenvalue weighted by Gasteiger charge is -2.19. The first-order chi connectivity index (χ1) is 13.4. The number of hydrazine groups is 1. The first-order valence-corrected chi connectivity index (χ1v) is 8.25. The molecule has 0 saturated carbocycles. The summed E-state index contributed by atoms with van der Waals surface area (Å²) in [6.45, 7) is 1.87. The minimum Gasteiger partial charge on any atom is -0.321 e. The fraction of sp³-hybridized carbons (Fsp3) is 0.0526. The third-order valence-electron chi connectivity index (χ3n) is 3.97. The van der Waals surface area contributed by atoms with Crippen LogP contribution in [0.2, 0.25) is 0 Å². The number of carbonyl (C=O) groups excluding carboxylic acids is 2. The average molecular weight is 379 g/mol. The second-order valence-corrected chi connectivity index (χ2v) is 6.00. The number of carbonyl (C=O) groups is 2. The standard InChI is InChI=1S/C19H17N5O4/c1-11-5-4-6-12(9-11)24(20)18(27)13-7-2-3-8-15(13)22-16(25)14-10-21-19(28)23-17(14)26/h2-10H,20H2,1H3,(H,22,25)(H2,21,23,26,28). The van der Waals surface area contributed by atoms with Gasteiger partial charge >= 0.3 is 5.69 Å². The number of benzene rings is 2. The van der Waals surface area contributed by atoms with Crippen molar-refractivity contribution < 1.29 is 9.59 Å². The van der Waals surface area contributed by atoms with E-state index in [1.54, 1.807) is 30.3 Å². The van der Waals surface area contributed by atoms with Gasteiger partial charge in [-0.1, -0.05) is 24.3 Å². The molecule has 0 unspecified atom stereocenters. The maximum absolute atomic E-state index is 12.8. The zero-order valence-electron chi connectivity index (χ0n) is 14.9. The van der Waals surface area contributed by atoms with Gasteiger partial charge in [0, 0.05) is 6.20 Å². The second kappa shape index (κ2) is 7.72. The predicted octanol–water partition coefficient (Wildman–Crippen LogP) is 1.14. The van der Waals surface area contributed by atoms with Crippen molar-refractivity contribution in [3.05, 3.63) is 92.3 Å². The number of H-pyrrole nitrogens is 2. The van der Waals surface area contributed by atoms with Gasteiger partial charge in [-0.05, 0) is 36.8 Å². The molecule has 9 nitrogen and oxygen atoms in total. The van der Waals surface area contributed by atoms with Gasteiger partial charge in [-0.2, -0.15) is 0 Å². The van der Waals surface area contributed by atoms with E-state index in [0.29, 0.717) is 5.69 Å². The minimum atomic E-state index is -0.842. The number of hydrogen-bond acceptors (Lipinski definition) is 5. The molecule has 0 aliphatic rings. The van der Waals surface area contributed by atoms with Crippen molar-refractivity contribution in [1.82, 2.24) is 9.97 Å². The zero-order valence-corrected chi connectivity index (χ0v) is 14.9. The van der Waals surface area contributed by atoms with Gasteiger partial charge in [0.15, 0.2) is 0 Å². The van der Waals surface area contributed by atoms with Gasteiger partial charge in [0.25, 0.3) is 17.4 Å². The molecule has 0 saturated heterocycles. The van der Waals surface area contributed by atoms with Crippen LogP contribution in [0.25, 0.3) is 0 Å². The van der Waals surface area contributed by atoms with Crippen LogP contribution in [-0.2, 0) is 0 Å². The molecule has 5 N–H and O–H groups in total.